The molecule has 4 aromatic heterocycles. The Kier molecular flexibility index (Phi) is 3.09. The molecule has 2 N–H and O–H groups in total. The summed E-state index contributed by atoms with van der Waals surface area (Å²) in [7, 11) is 1.43. The van der Waals surface area contributed by atoms with Crippen LogP contribution in [0.15, 0.2) is 52.2 Å². The van der Waals surface area contributed by atoms with E-state index in [9.17, 15) is 9.90 Å². The Hall–Kier alpha value is -3.55. The number of aromatic hydroxyl groups is 1. The SMILES string of the molecule is COc1cc(-c2ccc3c(O)n(-c4ccon4)cc3n2)c[nH]c1=O. The Morgan fingerprint density at radius 1 is 1.33 bits per heavy atom. The van der Waals surface area contributed by atoms with Crippen molar-refractivity contribution in [2.24, 2.45) is 0 Å². The third-order valence-electron chi connectivity index (χ3n) is 3.70. The van der Waals surface area contributed by atoms with E-state index < -0.39 is 0 Å². The first-order valence-corrected chi connectivity index (χ1v) is 7.06. The number of aromatic nitrogens is 4. The highest BCUT2D eigenvalue weighted by Crippen LogP contribution is 2.30. The molecule has 0 aromatic carbocycles. The summed E-state index contributed by atoms with van der Waals surface area (Å²) in [6.45, 7) is 0. The Morgan fingerprint density at radius 2 is 2.21 bits per heavy atom. The second-order valence-corrected chi connectivity index (χ2v) is 5.10. The van der Waals surface area contributed by atoms with E-state index in [2.05, 4.69) is 15.1 Å². The van der Waals surface area contributed by atoms with Crippen LogP contribution < -0.4 is 10.3 Å². The molecule has 24 heavy (non-hydrogen) atoms. The second-order valence-electron chi connectivity index (χ2n) is 5.10. The van der Waals surface area contributed by atoms with Crippen molar-refractivity contribution >= 4 is 10.9 Å². The molecule has 0 bridgehead atoms. The number of methoxy groups -OCH3 is 1. The van der Waals surface area contributed by atoms with Gasteiger partial charge < -0.3 is 19.4 Å². The molecule has 0 spiro atoms. The van der Waals surface area contributed by atoms with Crippen LogP contribution in [0.5, 0.6) is 11.6 Å². The fourth-order valence-electron chi connectivity index (χ4n) is 2.50. The van der Waals surface area contributed by atoms with Gasteiger partial charge in [-0.2, -0.15) is 0 Å². The maximum atomic E-state index is 11.6. The summed E-state index contributed by atoms with van der Waals surface area (Å²) in [6.07, 6.45) is 4.65. The van der Waals surface area contributed by atoms with Crippen molar-refractivity contribution in [3.63, 3.8) is 0 Å². The lowest BCUT2D eigenvalue weighted by atomic mass is 10.1. The Bertz CT molecular complexity index is 1080. The van der Waals surface area contributed by atoms with Crippen LogP contribution in [0.2, 0.25) is 0 Å². The first-order valence-electron chi connectivity index (χ1n) is 7.06. The molecule has 0 unspecified atom stereocenters. The van der Waals surface area contributed by atoms with Gasteiger partial charge in [0.25, 0.3) is 5.56 Å². The van der Waals surface area contributed by atoms with Crippen molar-refractivity contribution in [2.45, 2.75) is 0 Å². The number of hydrogen-bond acceptors (Lipinski definition) is 6. The van der Waals surface area contributed by atoms with Gasteiger partial charge in [-0.1, -0.05) is 5.16 Å². The van der Waals surface area contributed by atoms with Crippen LogP contribution in [0.1, 0.15) is 0 Å². The van der Waals surface area contributed by atoms with Crippen molar-refractivity contribution in [3.05, 3.63) is 53.3 Å². The number of aromatic amines is 1. The fourth-order valence-corrected chi connectivity index (χ4v) is 2.50. The molecule has 4 heterocycles. The smallest absolute Gasteiger partial charge is 0.290 e. The fraction of sp³-hybridized carbons (Fsp3) is 0.0625. The zero-order valence-corrected chi connectivity index (χ0v) is 12.6. The van der Waals surface area contributed by atoms with Crippen LogP contribution in [0.3, 0.4) is 0 Å². The number of rotatable bonds is 3. The van der Waals surface area contributed by atoms with Gasteiger partial charge in [0.1, 0.15) is 6.26 Å². The van der Waals surface area contributed by atoms with Gasteiger partial charge in [-0.15, -0.1) is 0 Å². The van der Waals surface area contributed by atoms with Crippen molar-refractivity contribution in [1.29, 1.82) is 0 Å². The van der Waals surface area contributed by atoms with E-state index in [0.29, 0.717) is 28.0 Å². The molecule has 0 saturated heterocycles. The molecule has 0 amide bonds. The van der Waals surface area contributed by atoms with E-state index in [-0.39, 0.29) is 17.2 Å². The van der Waals surface area contributed by atoms with E-state index >= 15 is 0 Å². The van der Waals surface area contributed by atoms with Gasteiger partial charge in [0.2, 0.25) is 5.88 Å². The molecule has 0 radical (unpaired) electrons. The lowest BCUT2D eigenvalue weighted by molar-refractivity contribution is 0.407. The second kappa shape index (κ2) is 5.27. The van der Waals surface area contributed by atoms with Crippen molar-refractivity contribution < 1.29 is 14.4 Å². The number of ether oxygens (including phenoxy) is 1. The summed E-state index contributed by atoms with van der Waals surface area (Å²) >= 11 is 0. The molecule has 0 aliphatic carbocycles. The first-order chi connectivity index (χ1) is 11.7. The standard InChI is InChI=1S/C16H12N4O4/c1-23-13-6-9(7-17-15(13)21)11-3-2-10-12(18-11)8-20(16(10)22)14-4-5-24-19-14/h2-8,22H,1H3,(H,17,21). The Morgan fingerprint density at radius 3 is 2.96 bits per heavy atom. The number of fused-ring (bicyclic) bond motifs is 1. The van der Waals surface area contributed by atoms with Gasteiger partial charge in [0, 0.05) is 24.0 Å². The zero-order chi connectivity index (χ0) is 16.7. The summed E-state index contributed by atoms with van der Waals surface area (Å²) in [5.41, 5.74) is 1.60. The highest BCUT2D eigenvalue weighted by atomic mass is 16.5. The summed E-state index contributed by atoms with van der Waals surface area (Å²) in [5, 5.41) is 14.7. The average Bonchev–Trinajstić information content (AvgIpc) is 3.23. The van der Waals surface area contributed by atoms with Crippen LogP contribution in [0, 0.1) is 0 Å². The van der Waals surface area contributed by atoms with Gasteiger partial charge in [0.15, 0.2) is 11.6 Å². The van der Waals surface area contributed by atoms with Crippen LogP contribution in [0.4, 0.5) is 0 Å². The minimum atomic E-state index is -0.308. The van der Waals surface area contributed by atoms with Crippen LogP contribution >= 0.6 is 0 Å². The monoisotopic (exact) mass is 324 g/mol. The molecule has 0 atom stereocenters. The first kappa shape index (κ1) is 14.1. The Labute approximate surface area is 134 Å². The third-order valence-corrected chi connectivity index (χ3v) is 3.70. The number of H-pyrrole nitrogens is 1. The largest absolute Gasteiger partial charge is 0.494 e. The van der Waals surface area contributed by atoms with E-state index in [1.165, 1.54) is 17.9 Å². The molecule has 0 aliphatic heterocycles. The highest BCUT2D eigenvalue weighted by molar-refractivity contribution is 5.87. The van der Waals surface area contributed by atoms with E-state index in [4.69, 9.17) is 9.26 Å². The van der Waals surface area contributed by atoms with Gasteiger partial charge in [-0.05, 0) is 18.2 Å². The molecule has 8 nitrogen and oxygen atoms in total. The predicted octanol–water partition coefficient (Wildman–Crippen LogP) is 2.08. The molecule has 0 aliphatic rings. The number of pyridine rings is 2. The summed E-state index contributed by atoms with van der Waals surface area (Å²) < 4.78 is 11.3. The molecule has 8 heteroatoms. The van der Waals surface area contributed by atoms with Crippen molar-refractivity contribution in [2.75, 3.05) is 7.11 Å². The average molecular weight is 324 g/mol. The van der Waals surface area contributed by atoms with Gasteiger partial charge in [0.05, 0.1) is 23.7 Å². The summed E-state index contributed by atoms with van der Waals surface area (Å²) in [4.78, 5) is 18.7. The van der Waals surface area contributed by atoms with Crippen LogP contribution in [0.25, 0.3) is 28.0 Å². The lowest BCUT2D eigenvalue weighted by Gasteiger charge is -2.03. The minimum Gasteiger partial charge on any atom is -0.494 e. The quantitative estimate of drug-likeness (QED) is 0.597. The zero-order valence-electron chi connectivity index (χ0n) is 12.6. The van der Waals surface area contributed by atoms with E-state index in [1.807, 2.05) is 0 Å². The predicted molar refractivity (Wildman–Crippen MR) is 85.4 cm³/mol. The molecule has 0 fully saturated rings. The molecule has 4 aromatic rings. The number of nitrogens with zero attached hydrogens (tertiary/aromatic N) is 3. The van der Waals surface area contributed by atoms with Crippen LogP contribution in [-0.4, -0.2) is 31.9 Å². The molecule has 0 saturated carbocycles. The molecule has 120 valence electrons. The maximum absolute atomic E-state index is 11.6. The molecule has 4 rings (SSSR count). The minimum absolute atomic E-state index is 0.0250. The number of hydrogen-bond donors (Lipinski definition) is 2. The summed E-state index contributed by atoms with van der Waals surface area (Å²) in [6, 6.07) is 6.75. The van der Waals surface area contributed by atoms with E-state index in [0.717, 1.165) is 0 Å². The summed E-state index contributed by atoms with van der Waals surface area (Å²) in [5.74, 6) is 0.687. The van der Waals surface area contributed by atoms with Gasteiger partial charge in [-0.3, -0.25) is 9.36 Å². The number of nitrogens with one attached hydrogen (secondary N) is 1. The topological polar surface area (TPSA) is 106 Å². The van der Waals surface area contributed by atoms with Gasteiger partial charge >= 0.3 is 0 Å². The molecular weight excluding hydrogens is 312 g/mol. The lowest BCUT2D eigenvalue weighted by Crippen LogP contribution is -2.08. The Balaban J connectivity index is 1.86. The normalized spacial score (nSPS) is 11.0. The van der Waals surface area contributed by atoms with E-state index in [1.54, 1.807) is 36.7 Å². The highest BCUT2D eigenvalue weighted by Gasteiger charge is 2.14. The van der Waals surface area contributed by atoms with Crippen molar-refractivity contribution in [3.8, 4) is 28.7 Å². The maximum Gasteiger partial charge on any atom is 0.290 e. The van der Waals surface area contributed by atoms with Gasteiger partial charge in [-0.25, -0.2) is 4.98 Å². The van der Waals surface area contributed by atoms with Crippen LogP contribution in [-0.2, 0) is 0 Å². The molecular formula is C16H12N4O4. The van der Waals surface area contributed by atoms with Crippen molar-refractivity contribution in [1.82, 2.24) is 19.7 Å². The third kappa shape index (κ3) is 2.12.